The van der Waals surface area contributed by atoms with E-state index in [4.69, 9.17) is 11.5 Å². The highest BCUT2D eigenvalue weighted by Gasteiger charge is 2.74. The standard InChI is InChI=1S/C15H23N3O3S2/c1-2-7-18-23(20,21)13-12(16)15(13,14(17)19)11-8-9-5-3-4-6-10(9)22-11/h8,12-13,18H,2-7,16H2,1H3,(H2,17,19). The monoisotopic (exact) mass is 357 g/mol. The van der Waals surface area contributed by atoms with Crippen molar-refractivity contribution in [1.82, 2.24) is 4.72 Å². The maximum atomic E-state index is 12.5. The number of fused-ring (bicyclic) bond motifs is 1. The lowest BCUT2D eigenvalue weighted by molar-refractivity contribution is -0.120. The van der Waals surface area contributed by atoms with E-state index in [9.17, 15) is 13.2 Å². The Hall–Kier alpha value is -0.960. The van der Waals surface area contributed by atoms with Gasteiger partial charge in [-0.3, -0.25) is 4.79 Å². The van der Waals surface area contributed by atoms with Gasteiger partial charge >= 0.3 is 0 Å². The van der Waals surface area contributed by atoms with E-state index in [2.05, 4.69) is 4.72 Å². The van der Waals surface area contributed by atoms with Crippen LogP contribution in [-0.4, -0.2) is 32.2 Å². The molecule has 0 radical (unpaired) electrons. The van der Waals surface area contributed by atoms with Crippen molar-refractivity contribution in [1.29, 1.82) is 0 Å². The molecule has 0 aromatic carbocycles. The number of sulfonamides is 1. The van der Waals surface area contributed by atoms with Gasteiger partial charge in [0, 0.05) is 22.3 Å². The Bertz CT molecular complexity index is 705. The lowest BCUT2D eigenvalue weighted by Gasteiger charge is -2.12. The Balaban J connectivity index is 1.99. The lowest BCUT2D eigenvalue weighted by Crippen LogP contribution is -2.38. The molecule has 1 aromatic rings. The molecule has 1 fully saturated rings. The Morgan fingerprint density at radius 1 is 1.43 bits per heavy atom. The largest absolute Gasteiger partial charge is 0.369 e. The van der Waals surface area contributed by atoms with Crippen LogP contribution in [0.3, 0.4) is 0 Å². The van der Waals surface area contributed by atoms with Crippen molar-refractivity contribution in [3.05, 3.63) is 21.4 Å². The molecular formula is C15H23N3O3S2. The van der Waals surface area contributed by atoms with Gasteiger partial charge in [0.25, 0.3) is 0 Å². The van der Waals surface area contributed by atoms with E-state index >= 15 is 0 Å². The first-order valence-corrected chi connectivity index (χ1v) is 10.4. The summed E-state index contributed by atoms with van der Waals surface area (Å²) < 4.78 is 27.5. The first-order valence-electron chi connectivity index (χ1n) is 8.01. The Morgan fingerprint density at radius 2 is 2.13 bits per heavy atom. The fourth-order valence-electron chi connectivity index (χ4n) is 3.58. The van der Waals surface area contributed by atoms with Crippen molar-refractivity contribution in [2.45, 2.75) is 55.7 Å². The second-order valence-corrected chi connectivity index (χ2v) is 9.41. The molecule has 3 rings (SSSR count). The van der Waals surface area contributed by atoms with Gasteiger partial charge in [-0.1, -0.05) is 6.92 Å². The minimum Gasteiger partial charge on any atom is -0.369 e. The molecule has 1 saturated carbocycles. The summed E-state index contributed by atoms with van der Waals surface area (Å²) in [5.74, 6) is -0.643. The third-order valence-electron chi connectivity index (χ3n) is 4.89. The number of carbonyl (C=O) groups is 1. The molecule has 1 heterocycles. The number of carbonyl (C=O) groups excluding carboxylic acids is 1. The van der Waals surface area contributed by atoms with Crippen LogP contribution in [0.2, 0.25) is 0 Å². The summed E-state index contributed by atoms with van der Waals surface area (Å²) in [5, 5.41) is -0.973. The number of rotatable bonds is 6. The summed E-state index contributed by atoms with van der Waals surface area (Å²) in [6, 6.07) is 1.17. The second-order valence-electron chi connectivity index (χ2n) is 6.39. The van der Waals surface area contributed by atoms with Crippen LogP contribution in [0.1, 0.15) is 41.5 Å². The number of primary amides is 1. The first-order chi connectivity index (χ1) is 10.9. The fraction of sp³-hybridized carbons (Fsp3) is 0.667. The van der Waals surface area contributed by atoms with Gasteiger partial charge in [-0.25, -0.2) is 13.1 Å². The van der Waals surface area contributed by atoms with E-state index in [0.29, 0.717) is 13.0 Å². The molecule has 8 heteroatoms. The molecule has 2 aliphatic rings. The molecule has 5 N–H and O–H groups in total. The lowest BCUT2D eigenvalue weighted by atomic mass is 9.96. The van der Waals surface area contributed by atoms with Crippen LogP contribution in [0.5, 0.6) is 0 Å². The van der Waals surface area contributed by atoms with E-state index in [1.807, 2.05) is 13.0 Å². The smallest absolute Gasteiger partial charge is 0.232 e. The summed E-state index contributed by atoms with van der Waals surface area (Å²) in [4.78, 5) is 14.2. The van der Waals surface area contributed by atoms with Gasteiger partial charge < -0.3 is 11.5 Å². The molecule has 23 heavy (non-hydrogen) atoms. The van der Waals surface area contributed by atoms with Crippen molar-refractivity contribution < 1.29 is 13.2 Å². The normalized spacial score (nSPS) is 30.0. The van der Waals surface area contributed by atoms with Gasteiger partial charge in [0.15, 0.2) is 0 Å². The SMILES string of the molecule is CCCNS(=O)(=O)C1C(N)C1(C(N)=O)c1cc2c(s1)CCCC2. The van der Waals surface area contributed by atoms with E-state index in [0.717, 1.165) is 30.6 Å². The number of nitrogens with two attached hydrogens (primary N) is 2. The van der Waals surface area contributed by atoms with Crippen molar-refractivity contribution in [3.8, 4) is 0 Å². The number of hydrogen-bond acceptors (Lipinski definition) is 5. The summed E-state index contributed by atoms with van der Waals surface area (Å²) in [6.45, 7) is 2.21. The minimum absolute atomic E-state index is 0.335. The second kappa shape index (κ2) is 5.84. The van der Waals surface area contributed by atoms with Crippen LogP contribution >= 0.6 is 11.3 Å². The predicted molar refractivity (Wildman–Crippen MR) is 90.8 cm³/mol. The molecule has 2 aliphatic carbocycles. The van der Waals surface area contributed by atoms with Crippen LogP contribution in [0.15, 0.2) is 6.07 Å². The summed E-state index contributed by atoms with van der Waals surface area (Å²) in [5.41, 5.74) is 11.6. The fourth-order valence-corrected chi connectivity index (χ4v) is 7.27. The number of thiophene rings is 1. The van der Waals surface area contributed by atoms with Crippen molar-refractivity contribution in [3.63, 3.8) is 0 Å². The highest BCUT2D eigenvalue weighted by Crippen LogP contribution is 2.54. The van der Waals surface area contributed by atoms with Gasteiger partial charge in [-0.15, -0.1) is 11.3 Å². The highest BCUT2D eigenvalue weighted by atomic mass is 32.2. The summed E-state index contributed by atoms with van der Waals surface area (Å²) in [7, 11) is -3.67. The van der Waals surface area contributed by atoms with Crippen LogP contribution in [0, 0.1) is 0 Å². The molecule has 0 aliphatic heterocycles. The number of hydrogen-bond donors (Lipinski definition) is 3. The Labute approximate surface area is 140 Å². The average molecular weight is 358 g/mol. The van der Waals surface area contributed by atoms with Crippen LogP contribution in [0.4, 0.5) is 0 Å². The van der Waals surface area contributed by atoms with E-state index in [-0.39, 0.29) is 0 Å². The zero-order valence-electron chi connectivity index (χ0n) is 13.2. The molecule has 1 amide bonds. The van der Waals surface area contributed by atoms with Gasteiger partial charge in [-0.2, -0.15) is 0 Å². The molecule has 6 nitrogen and oxygen atoms in total. The van der Waals surface area contributed by atoms with Crippen molar-refractivity contribution in [2.24, 2.45) is 11.5 Å². The van der Waals surface area contributed by atoms with E-state index in [1.165, 1.54) is 21.8 Å². The maximum Gasteiger partial charge on any atom is 0.232 e. The van der Waals surface area contributed by atoms with Gasteiger partial charge in [0.05, 0.1) is 0 Å². The van der Waals surface area contributed by atoms with Gasteiger partial charge in [0.1, 0.15) is 10.7 Å². The van der Waals surface area contributed by atoms with Gasteiger partial charge in [0.2, 0.25) is 15.9 Å². The molecule has 3 unspecified atom stereocenters. The quantitative estimate of drug-likeness (QED) is 0.683. The third kappa shape index (κ3) is 2.52. The van der Waals surface area contributed by atoms with E-state index in [1.54, 1.807) is 0 Å². The van der Waals surface area contributed by atoms with Crippen LogP contribution in [-0.2, 0) is 33.1 Å². The molecule has 1 aromatic heterocycles. The van der Waals surface area contributed by atoms with Crippen LogP contribution in [0.25, 0.3) is 0 Å². The third-order valence-corrected chi connectivity index (χ3v) is 8.22. The average Bonchev–Trinajstić information content (AvgIpc) is 2.94. The summed E-state index contributed by atoms with van der Waals surface area (Å²) in [6.07, 6.45) is 4.88. The van der Waals surface area contributed by atoms with Gasteiger partial charge in [-0.05, 0) is 43.7 Å². The van der Waals surface area contributed by atoms with Crippen LogP contribution < -0.4 is 16.2 Å². The highest BCUT2D eigenvalue weighted by molar-refractivity contribution is 7.90. The molecule has 3 atom stereocenters. The first kappa shape index (κ1) is 16.9. The van der Waals surface area contributed by atoms with E-state index < -0.39 is 32.6 Å². The molecule has 128 valence electrons. The summed E-state index contributed by atoms with van der Waals surface area (Å²) >= 11 is 1.51. The van der Waals surface area contributed by atoms with Crippen molar-refractivity contribution in [2.75, 3.05) is 6.54 Å². The minimum atomic E-state index is -3.67. The Morgan fingerprint density at radius 3 is 2.74 bits per heavy atom. The Kier molecular flexibility index (Phi) is 4.29. The maximum absolute atomic E-state index is 12.5. The predicted octanol–water partition coefficient (Wildman–Crippen LogP) is 0.389. The number of aryl methyl sites for hydroxylation is 2. The number of nitrogens with one attached hydrogen (secondary N) is 1. The molecular weight excluding hydrogens is 334 g/mol. The topological polar surface area (TPSA) is 115 Å². The zero-order valence-corrected chi connectivity index (χ0v) is 14.8. The molecule has 0 spiro atoms. The number of amides is 1. The molecule has 0 saturated heterocycles. The van der Waals surface area contributed by atoms with Crippen molar-refractivity contribution >= 4 is 27.3 Å². The molecule has 0 bridgehead atoms. The zero-order chi connectivity index (χ0) is 16.8.